The average Bonchev–Trinajstić information content (AvgIpc) is 0.854. The van der Waals surface area contributed by atoms with Crippen molar-refractivity contribution >= 4 is 91.0 Å². The van der Waals surface area contributed by atoms with E-state index in [0.717, 1.165) is 84.0 Å². The van der Waals surface area contributed by atoms with E-state index in [1.54, 1.807) is 12.1 Å². The lowest BCUT2D eigenvalue weighted by Gasteiger charge is -2.44. The molecule has 17 aromatic rings. The van der Waals surface area contributed by atoms with Gasteiger partial charge >= 0.3 is 11.9 Å². The van der Waals surface area contributed by atoms with Crippen LogP contribution < -0.4 is 26.2 Å². The number of esters is 2. The number of hydrogen-bond donors (Lipinski definition) is 0. The van der Waals surface area contributed by atoms with Gasteiger partial charge in [-0.2, -0.15) is 0 Å². The zero-order chi connectivity index (χ0) is 72.0. The fourth-order valence-electron chi connectivity index (χ4n) is 15.3. The molecule has 2 aliphatic heterocycles. The topological polar surface area (TPSA) is 128 Å². The zero-order valence-corrected chi connectivity index (χ0v) is 58.3. The monoisotopic (exact) mass is 1390 g/mol. The highest BCUT2D eigenvalue weighted by Crippen LogP contribution is 2.46. The van der Waals surface area contributed by atoms with Crippen LogP contribution in [0.4, 0.5) is 34.1 Å². The predicted molar refractivity (Wildman–Crippen MR) is 433 cm³/mol. The summed E-state index contributed by atoms with van der Waals surface area (Å²) in [6.07, 6.45) is 0. The Balaban J connectivity index is 0.780. The third-order valence-electron chi connectivity index (χ3n) is 20.3. The number of nitrogens with zero attached hydrogens (tertiary/aromatic N) is 8. The maximum Gasteiger partial charge on any atom is 0.338 e. The Labute approximate surface area is 623 Å². The predicted octanol–water partition coefficient (Wildman–Crippen LogP) is 20.2. The van der Waals surface area contributed by atoms with E-state index in [2.05, 4.69) is 190 Å². The van der Waals surface area contributed by atoms with Crippen LogP contribution in [0, 0.1) is 0 Å². The molecule has 108 heavy (non-hydrogen) atoms. The van der Waals surface area contributed by atoms with E-state index < -0.39 is 11.9 Å². The summed E-state index contributed by atoms with van der Waals surface area (Å²) in [5, 5.41) is 1.39. The molecular formula is C95H63BN8O4. The van der Waals surface area contributed by atoms with Gasteiger partial charge in [0.15, 0.2) is 23.3 Å². The molecule has 0 spiro atoms. The molecule has 19 rings (SSSR count). The fourth-order valence-corrected chi connectivity index (χ4v) is 15.3. The first-order valence-corrected chi connectivity index (χ1v) is 36.0. The van der Waals surface area contributed by atoms with E-state index in [9.17, 15) is 9.59 Å². The first-order valence-electron chi connectivity index (χ1n) is 36.0. The summed E-state index contributed by atoms with van der Waals surface area (Å²) in [5.74, 6) is 0.873. The summed E-state index contributed by atoms with van der Waals surface area (Å²) < 4.78 is 14.1. The van der Waals surface area contributed by atoms with Crippen LogP contribution in [-0.2, 0) is 22.7 Å². The minimum absolute atomic E-state index is 0.00938. The van der Waals surface area contributed by atoms with Gasteiger partial charge in [0.1, 0.15) is 13.2 Å². The SMILES string of the molecule is O=C(OCc1ccccc1)c1ccc2c(c1)c1cc(C(=O)OCc3ccccc3)ccc1n2-c1ccc(-c2nc(-c3ccccc3)nc(-c3ccccc3)n2)cc1-c1nc(-c2ccccc2)cc(-c2cccc(-c3cccc(N4c5ccccc5B5c6ccccc6N(c6ccccc6)c6cccc4c65)c3)c2)n1. The fraction of sp³-hybridized carbons (Fsp3) is 0.0211. The molecule has 0 N–H and O–H groups in total. The number of anilines is 6. The summed E-state index contributed by atoms with van der Waals surface area (Å²) in [7, 11) is 0. The third kappa shape index (κ3) is 12.0. The summed E-state index contributed by atoms with van der Waals surface area (Å²) in [6, 6.07) is 121. The second-order valence-electron chi connectivity index (χ2n) is 26.9. The molecule has 0 saturated carbocycles. The van der Waals surface area contributed by atoms with Gasteiger partial charge in [-0.1, -0.05) is 243 Å². The van der Waals surface area contributed by atoms with Crippen molar-refractivity contribution in [2.24, 2.45) is 0 Å². The molecule has 0 amide bonds. The zero-order valence-electron chi connectivity index (χ0n) is 58.3. The number of hydrogen-bond acceptors (Lipinski definition) is 11. The van der Waals surface area contributed by atoms with E-state index in [4.69, 9.17) is 34.4 Å². The lowest BCUT2D eigenvalue weighted by Crippen LogP contribution is -2.61. The summed E-state index contributed by atoms with van der Waals surface area (Å²) >= 11 is 0. The lowest BCUT2D eigenvalue weighted by atomic mass is 9.33. The van der Waals surface area contributed by atoms with Crippen molar-refractivity contribution in [3.05, 3.63) is 380 Å². The molecule has 0 radical (unpaired) electrons. The van der Waals surface area contributed by atoms with Crippen molar-refractivity contribution in [1.82, 2.24) is 29.5 Å². The molecular weight excluding hydrogens is 1330 g/mol. The largest absolute Gasteiger partial charge is 0.457 e. The van der Waals surface area contributed by atoms with Crippen molar-refractivity contribution < 1.29 is 19.1 Å². The normalized spacial score (nSPS) is 12.0. The van der Waals surface area contributed by atoms with Gasteiger partial charge in [-0.3, -0.25) is 0 Å². The average molecular weight is 1390 g/mol. The Morgan fingerprint density at radius 2 is 0.713 bits per heavy atom. The van der Waals surface area contributed by atoms with Crippen LogP contribution >= 0.6 is 0 Å². The molecule has 14 aromatic carbocycles. The minimum atomic E-state index is -0.494. The van der Waals surface area contributed by atoms with Crippen molar-refractivity contribution in [3.8, 4) is 84.9 Å². The molecule has 0 fully saturated rings. The standard InChI is InChI=1S/C95H63BN8O4/c105-94(107-60-62-26-7-1-8-27-62)71-49-52-82-75(57-71)76-58-72(95(106)108-61-63-28-9-2-10-29-63)50-53-83(76)104(82)84-51-48-70(92-100-90(65-32-13-4-14-33-65)99-91(101-92)66-34-15-5-16-35-66)56-77(84)93-97-80(64-30-11-3-12-31-64)59-81(98-93)69-38-23-36-67(54-69)68-37-24-41-74(55-68)103-86-45-22-20-43-79(86)96-78-42-19-21-44-85(78)102(73-39-17-6-18-40-73)87-46-25-47-88(103)89(87)96/h1-59H,60-61H2. The van der Waals surface area contributed by atoms with Crippen LogP contribution in [0.3, 0.4) is 0 Å². The maximum atomic E-state index is 14.2. The highest BCUT2D eigenvalue weighted by Gasteiger charge is 2.43. The van der Waals surface area contributed by atoms with E-state index in [1.807, 2.05) is 170 Å². The van der Waals surface area contributed by atoms with Crippen molar-refractivity contribution in [2.75, 3.05) is 9.80 Å². The number of carbonyl (C=O) groups excluding carboxylic acids is 2. The molecule has 2 aliphatic rings. The van der Waals surface area contributed by atoms with Gasteiger partial charge in [0, 0.05) is 78.3 Å². The molecule has 0 atom stereocenters. The number of para-hydroxylation sites is 3. The Kier molecular flexibility index (Phi) is 16.5. The number of fused-ring (bicyclic) bond motifs is 7. The first kappa shape index (κ1) is 64.4. The van der Waals surface area contributed by atoms with Crippen molar-refractivity contribution in [2.45, 2.75) is 13.2 Å². The number of aromatic nitrogens is 6. The second-order valence-corrected chi connectivity index (χ2v) is 26.9. The van der Waals surface area contributed by atoms with Gasteiger partial charge in [-0.25, -0.2) is 34.5 Å². The number of carbonyl (C=O) groups is 2. The lowest BCUT2D eigenvalue weighted by molar-refractivity contribution is 0.0464. The van der Waals surface area contributed by atoms with E-state index in [-0.39, 0.29) is 19.9 Å². The van der Waals surface area contributed by atoms with E-state index >= 15 is 0 Å². The van der Waals surface area contributed by atoms with Crippen LogP contribution in [0.5, 0.6) is 0 Å². The highest BCUT2D eigenvalue weighted by atomic mass is 16.5. The quantitative estimate of drug-likeness (QED) is 0.0677. The number of ether oxygens (including phenoxy) is 2. The van der Waals surface area contributed by atoms with Crippen molar-refractivity contribution in [3.63, 3.8) is 0 Å². The smallest absolute Gasteiger partial charge is 0.338 e. The van der Waals surface area contributed by atoms with Gasteiger partial charge in [0.2, 0.25) is 0 Å². The van der Waals surface area contributed by atoms with Gasteiger partial charge in [-0.05, 0) is 154 Å². The molecule has 5 heterocycles. The third-order valence-corrected chi connectivity index (χ3v) is 20.3. The Bertz CT molecular complexity index is 6160. The van der Waals surface area contributed by atoms with Gasteiger partial charge in [-0.15, -0.1) is 0 Å². The molecule has 0 aliphatic carbocycles. The van der Waals surface area contributed by atoms with E-state index in [1.165, 1.54) is 22.1 Å². The van der Waals surface area contributed by atoms with Gasteiger partial charge in [0.25, 0.3) is 6.71 Å². The van der Waals surface area contributed by atoms with Crippen LogP contribution in [0.2, 0.25) is 0 Å². The molecule has 13 heteroatoms. The first-order chi connectivity index (χ1) is 53.4. The summed E-state index contributed by atoms with van der Waals surface area (Å²) in [5.41, 5.74) is 23.2. The molecule has 12 nitrogen and oxygen atoms in total. The van der Waals surface area contributed by atoms with E-state index in [0.29, 0.717) is 73.4 Å². The van der Waals surface area contributed by atoms with Crippen molar-refractivity contribution in [1.29, 1.82) is 0 Å². The minimum Gasteiger partial charge on any atom is -0.457 e. The number of benzene rings is 14. The van der Waals surface area contributed by atoms with Gasteiger partial charge < -0.3 is 23.8 Å². The Morgan fingerprint density at radius 1 is 0.296 bits per heavy atom. The second kappa shape index (κ2) is 27.6. The van der Waals surface area contributed by atoms with Crippen LogP contribution in [-0.4, -0.2) is 48.1 Å². The molecule has 0 saturated heterocycles. The molecule has 0 bridgehead atoms. The summed E-state index contributed by atoms with van der Waals surface area (Å²) in [4.78, 5) is 60.2. The highest BCUT2D eigenvalue weighted by molar-refractivity contribution is 7.00. The Hall–Kier alpha value is -14.4. The number of rotatable bonds is 16. The maximum absolute atomic E-state index is 14.2. The molecule has 3 aromatic heterocycles. The summed E-state index contributed by atoms with van der Waals surface area (Å²) in [6.45, 7) is 0.187. The van der Waals surface area contributed by atoms with Crippen LogP contribution in [0.25, 0.3) is 107 Å². The molecule has 510 valence electrons. The van der Waals surface area contributed by atoms with Crippen LogP contribution in [0.15, 0.2) is 358 Å². The van der Waals surface area contributed by atoms with Gasteiger partial charge in [0.05, 0.1) is 39.2 Å². The Morgan fingerprint density at radius 3 is 1.27 bits per heavy atom. The van der Waals surface area contributed by atoms with Crippen LogP contribution in [0.1, 0.15) is 31.8 Å². The molecule has 0 unspecified atom stereocenters.